The average molecular weight is 1050 g/mol. The van der Waals surface area contributed by atoms with Crippen LogP contribution in [0.5, 0.6) is 11.5 Å². The van der Waals surface area contributed by atoms with Gasteiger partial charge in [-0.05, 0) is 110 Å². The molecule has 374 valence electrons. The van der Waals surface area contributed by atoms with Gasteiger partial charge < -0.3 is 34.5 Å². The summed E-state index contributed by atoms with van der Waals surface area (Å²) in [6, 6.07) is 16.9. The quantitative estimate of drug-likeness (QED) is 0.0712. The first-order valence-electron chi connectivity index (χ1n) is 24.4. The maximum absolute atomic E-state index is 13.8. The lowest BCUT2D eigenvalue weighted by atomic mass is 9.99. The molecule has 0 spiro atoms. The Hall–Kier alpha value is -6.30. The van der Waals surface area contributed by atoms with Gasteiger partial charge in [0.1, 0.15) is 36.0 Å². The smallest absolute Gasteiger partial charge is 0.329 e. The molecule has 3 saturated heterocycles. The van der Waals surface area contributed by atoms with Gasteiger partial charge in [0.15, 0.2) is 6.61 Å². The highest BCUT2D eigenvalue weighted by atomic mass is 79.9. The molecule has 71 heavy (non-hydrogen) atoms. The molecule has 3 N–H and O–H groups in total. The molecule has 0 bridgehead atoms. The minimum atomic E-state index is -2.76. The fourth-order valence-electron chi connectivity index (χ4n) is 10.2. The van der Waals surface area contributed by atoms with Gasteiger partial charge in [0, 0.05) is 93.1 Å². The van der Waals surface area contributed by atoms with Crippen molar-refractivity contribution in [3.63, 3.8) is 0 Å². The van der Waals surface area contributed by atoms with Crippen molar-refractivity contribution in [2.75, 3.05) is 81.3 Å². The van der Waals surface area contributed by atoms with Gasteiger partial charge in [0.05, 0.1) is 33.5 Å². The van der Waals surface area contributed by atoms with E-state index < -0.39 is 24.8 Å². The summed E-state index contributed by atoms with van der Waals surface area (Å²) in [5.74, 6) is 0.979. The molecule has 3 fully saturated rings. The zero-order valence-electron chi connectivity index (χ0n) is 41.1. The highest BCUT2D eigenvalue weighted by Gasteiger charge is 2.33. The number of fused-ring (bicyclic) bond motifs is 2. The molecule has 3 aromatic heterocycles. The number of anilines is 5. The van der Waals surface area contributed by atoms with Crippen molar-refractivity contribution < 1.29 is 28.4 Å². The molecule has 1 unspecified atom stereocenters. The van der Waals surface area contributed by atoms with Crippen molar-refractivity contribution in [2.45, 2.75) is 71.4 Å². The van der Waals surface area contributed by atoms with Crippen molar-refractivity contribution >= 4 is 96.9 Å². The van der Waals surface area contributed by atoms with Gasteiger partial charge in [-0.1, -0.05) is 26.0 Å². The van der Waals surface area contributed by atoms with E-state index in [9.17, 15) is 23.7 Å². The number of carbonyl (C=O) groups is 3. The van der Waals surface area contributed by atoms with Crippen LogP contribution in [0.25, 0.3) is 21.9 Å². The van der Waals surface area contributed by atoms with Crippen LogP contribution in [0.1, 0.15) is 63.8 Å². The number of aromatic nitrogens is 5. The van der Waals surface area contributed by atoms with E-state index in [1.165, 1.54) is 14.7 Å². The van der Waals surface area contributed by atoms with Crippen LogP contribution in [-0.2, 0) is 38.8 Å². The van der Waals surface area contributed by atoms with E-state index in [1.807, 2.05) is 36.1 Å². The van der Waals surface area contributed by atoms with E-state index in [0.29, 0.717) is 70.2 Å². The van der Waals surface area contributed by atoms with Crippen LogP contribution in [0, 0.1) is 0 Å². The number of rotatable bonds is 15. The fourth-order valence-corrected chi connectivity index (χ4v) is 12.0. The monoisotopic (exact) mass is 1050 g/mol. The molecule has 20 heteroatoms. The molecule has 3 aliphatic heterocycles. The highest BCUT2D eigenvalue weighted by molar-refractivity contribution is 9.10. The Balaban J connectivity index is 0.820. The lowest BCUT2D eigenvalue weighted by Crippen LogP contribution is -2.55. The van der Waals surface area contributed by atoms with E-state index in [1.54, 1.807) is 44.8 Å². The van der Waals surface area contributed by atoms with Crippen LogP contribution < -0.4 is 41.3 Å². The number of nitrogens with one attached hydrogen (secondary N) is 3. The van der Waals surface area contributed by atoms with Gasteiger partial charge >= 0.3 is 5.69 Å². The summed E-state index contributed by atoms with van der Waals surface area (Å²) in [7, 11) is -1.15. The topological polar surface area (TPSA) is 198 Å². The molecule has 6 aromatic rings. The number of pyridine rings is 1. The summed E-state index contributed by atoms with van der Waals surface area (Å²) in [6.45, 7) is 14.5. The fraction of sp³-hybridized carbons (Fsp3) is 0.431. The van der Waals surface area contributed by atoms with Crippen LogP contribution in [0.15, 0.2) is 70.1 Å². The van der Waals surface area contributed by atoms with Crippen molar-refractivity contribution in [1.82, 2.24) is 39.2 Å². The summed E-state index contributed by atoms with van der Waals surface area (Å²) in [4.78, 5) is 72.4. The zero-order valence-corrected chi connectivity index (χ0v) is 43.6. The summed E-state index contributed by atoms with van der Waals surface area (Å²) in [6.07, 6.45) is 5.64. The van der Waals surface area contributed by atoms with Crippen molar-refractivity contribution in [1.29, 1.82) is 0 Å². The summed E-state index contributed by atoms with van der Waals surface area (Å²) >= 11 is 3.63. The summed E-state index contributed by atoms with van der Waals surface area (Å²) in [5.41, 5.74) is 6.16. The molecule has 0 saturated carbocycles. The Morgan fingerprint density at radius 2 is 1.65 bits per heavy atom. The molecule has 3 aliphatic rings. The lowest BCUT2D eigenvalue weighted by Gasteiger charge is -2.43. The molecular formula is C51H61BrN11O7P. The minimum absolute atomic E-state index is 0.131. The molecule has 3 aromatic carbocycles. The SMILES string of the molecule is CCOc1cc(N2CCC(N3CCN(C(=O)COc4cccc5c4n(C)c(=O)n5C4CCC(=O)NC4=O)CC3)CC2)c(CC)cc1Nc1ncc(Br)c(Nc2ccc3nc(CC)ccc3c2P(C)(C)=O)n1. The van der Waals surface area contributed by atoms with Crippen LogP contribution in [-0.4, -0.2) is 123 Å². The average Bonchev–Trinajstić information content (AvgIpc) is 3.62. The molecule has 3 amide bonds. The number of carbonyl (C=O) groups excluding carboxylic acids is 3. The number of aryl methyl sites for hydroxylation is 3. The number of hydrogen-bond acceptors (Lipinski definition) is 14. The zero-order chi connectivity index (χ0) is 50.1. The van der Waals surface area contributed by atoms with Crippen LogP contribution in [0.3, 0.4) is 0 Å². The van der Waals surface area contributed by atoms with E-state index in [4.69, 9.17) is 19.4 Å². The van der Waals surface area contributed by atoms with E-state index in [0.717, 1.165) is 85.1 Å². The maximum Gasteiger partial charge on any atom is 0.329 e. The lowest BCUT2D eigenvalue weighted by molar-refractivity contribution is -0.136. The Morgan fingerprint density at radius 1 is 0.873 bits per heavy atom. The number of para-hydroxylation sites is 1. The standard InChI is InChI=1S/C51H61BrN11O7P/c1-7-31-27-38(56-50-53-29-35(52)48(58-50)55-37-16-15-36-34(47(37)71(5,6)68)14-13-32(8-2)54-36)43(69-9-3)28-41(31)61-21-19-33(20-22-61)60-23-25-62(26-24-60)45(65)30-70-42-12-10-11-39-46(42)59(4)51(67)63(39)40-17-18-44(64)57-49(40)66/h10-16,27-29,33,40H,7-9,17-26,30H2,1-6H3,(H,57,64,66)(H2,53,55,56,58). The number of amides is 3. The van der Waals surface area contributed by atoms with Crippen molar-refractivity contribution in [3.05, 3.63) is 87.0 Å². The van der Waals surface area contributed by atoms with Crippen molar-refractivity contribution in [3.8, 4) is 11.5 Å². The van der Waals surface area contributed by atoms with Crippen LogP contribution in [0.4, 0.5) is 28.8 Å². The second kappa shape index (κ2) is 20.8. The van der Waals surface area contributed by atoms with Gasteiger partial charge in [-0.25, -0.2) is 9.78 Å². The second-order valence-corrected chi connectivity index (χ2v) is 22.7. The molecule has 6 heterocycles. The van der Waals surface area contributed by atoms with E-state index in [2.05, 4.69) is 72.6 Å². The predicted octanol–water partition coefficient (Wildman–Crippen LogP) is 6.87. The third-order valence-electron chi connectivity index (χ3n) is 13.8. The van der Waals surface area contributed by atoms with Gasteiger partial charge in [0.2, 0.25) is 17.8 Å². The van der Waals surface area contributed by atoms with E-state index >= 15 is 0 Å². The third-order valence-corrected chi connectivity index (χ3v) is 16.0. The number of benzene rings is 3. The third kappa shape index (κ3) is 10.3. The summed E-state index contributed by atoms with van der Waals surface area (Å²) in [5, 5.41) is 10.8. The first kappa shape index (κ1) is 49.7. The van der Waals surface area contributed by atoms with Gasteiger partial charge in [0.25, 0.3) is 5.91 Å². The summed E-state index contributed by atoms with van der Waals surface area (Å²) < 4.78 is 29.6. The number of imidazole rings is 1. The number of nitrogens with zero attached hydrogens (tertiary/aromatic N) is 8. The first-order chi connectivity index (χ1) is 34.1. The Labute approximate surface area is 421 Å². The van der Waals surface area contributed by atoms with Crippen LogP contribution >= 0.6 is 23.1 Å². The minimum Gasteiger partial charge on any atom is -0.492 e. The van der Waals surface area contributed by atoms with Gasteiger partial charge in [-0.15, -0.1) is 0 Å². The number of piperidine rings is 2. The molecule has 1 atom stereocenters. The molecule has 18 nitrogen and oxygen atoms in total. The number of piperazine rings is 1. The van der Waals surface area contributed by atoms with Crippen molar-refractivity contribution in [2.24, 2.45) is 7.05 Å². The number of imide groups is 1. The molecule has 0 radical (unpaired) electrons. The largest absolute Gasteiger partial charge is 0.492 e. The Morgan fingerprint density at radius 3 is 2.35 bits per heavy atom. The Bertz CT molecular complexity index is 3140. The van der Waals surface area contributed by atoms with Crippen LogP contribution in [0.2, 0.25) is 0 Å². The first-order valence-corrected chi connectivity index (χ1v) is 27.8. The van der Waals surface area contributed by atoms with Gasteiger partial charge in [-0.2, -0.15) is 4.98 Å². The normalized spacial score (nSPS) is 17.2. The molecule has 9 rings (SSSR count). The maximum atomic E-state index is 13.8. The van der Waals surface area contributed by atoms with Gasteiger partial charge in [-0.3, -0.25) is 38.7 Å². The van der Waals surface area contributed by atoms with E-state index in [-0.39, 0.29) is 31.3 Å². The molecule has 0 aliphatic carbocycles. The number of halogens is 1. The predicted molar refractivity (Wildman–Crippen MR) is 281 cm³/mol. The number of ether oxygens (including phenoxy) is 2. The number of hydrogen-bond donors (Lipinski definition) is 3. The molecular weight excluding hydrogens is 990 g/mol. The Kier molecular flexibility index (Phi) is 14.6. The second-order valence-electron chi connectivity index (χ2n) is 18.7. The highest BCUT2D eigenvalue weighted by Crippen LogP contribution is 2.43.